The molecule has 0 atom stereocenters. The fraction of sp³-hybridized carbons (Fsp3) is 0.257. The third-order valence-corrected chi connectivity index (χ3v) is 10.2. The number of para-hydroxylation sites is 2. The monoisotopic (exact) mass is 605 g/mol. The summed E-state index contributed by atoms with van der Waals surface area (Å²) in [6, 6.07) is 32.8. The van der Waals surface area contributed by atoms with Gasteiger partial charge in [0.15, 0.2) is 5.82 Å². The van der Waals surface area contributed by atoms with Gasteiger partial charge >= 0.3 is 0 Å². The molecule has 44 heavy (non-hydrogen) atoms. The first kappa shape index (κ1) is 28.3. The van der Waals surface area contributed by atoms with Gasteiger partial charge in [-0.2, -0.15) is 4.09 Å². The number of aryl methyl sites for hydroxylation is 1. The zero-order valence-corrected chi connectivity index (χ0v) is 25.4. The van der Waals surface area contributed by atoms with Gasteiger partial charge in [0, 0.05) is 48.9 Å². The number of rotatable bonds is 9. The van der Waals surface area contributed by atoms with Gasteiger partial charge in [0.1, 0.15) is 0 Å². The van der Waals surface area contributed by atoms with Crippen LogP contribution in [0, 0.1) is 0 Å². The molecule has 7 rings (SSSR count). The van der Waals surface area contributed by atoms with Gasteiger partial charge in [-0.25, -0.2) is 8.42 Å². The molecular formula is C35H35N5O3S. The zero-order valence-electron chi connectivity index (χ0n) is 24.5. The van der Waals surface area contributed by atoms with Crippen molar-refractivity contribution in [1.29, 1.82) is 0 Å². The van der Waals surface area contributed by atoms with Crippen LogP contribution in [0.25, 0.3) is 32.6 Å². The van der Waals surface area contributed by atoms with Crippen molar-refractivity contribution in [3.63, 3.8) is 0 Å². The highest BCUT2D eigenvalue weighted by Gasteiger charge is 2.26. The molecule has 1 saturated heterocycles. The first-order valence-electron chi connectivity index (χ1n) is 15.2. The van der Waals surface area contributed by atoms with E-state index in [-0.39, 0.29) is 11.3 Å². The second kappa shape index (κ2) is 11.9. The summed E-state index contributed by atoms with van der Waals surface area (Å²) >= 11 is 0. The maximum Gasteiger partial charge on any atom is 0.258 e. The molecule has 0 radical (unpaired) electrons. The van der Waals surface area contributed by atoms with E-state index < -0.39 is 10.0 Å². The minimum absolute atomic E-state index is 0.0744. The molecule has 6 aromatic rings. The van der Waals surface area contributed by atoms with Gasteiger partial charge in [0.25, 0.3) is 15.6 Å². The number of nitrogens with zero attached hydrogens (tertiary/aromatic N) is 5. The number of unbranched alkanes of at least 4 members (excludes halogenated alkanes) is 1. The lowest BCUT2D eigenvalue weighted by molar-refractivity contribution is 0.251. The van der Waals surface area contributed by atoms with Crippen LogP contribution in [0.15, 0.2) is 108 Å². The molecule has 3 heterocycles. The van der Waals surface area contributed by atoms with Crippen LogP contribution in [0.5, 0.6) is 0 Å². The number of hydrogen-bond donors (Lipinski definition) is 0. The molecule has 1 aliphatic heterocycles. The molecular weight excluding hydrogens is 570 g/mol. The Morgan fingerprint density at radius 1 is 0.614 bits per heavy atom. The Bertz CT molecular complexity index is 2110. The van der Waals surface area contributed by atoms with E-state index in [4.69, 9.17) is 0 Å². The van der Waals surface area contributed by atoms with Crippen LogP contribution in [0.4, 0.5) is 5.82 Å². The summed E-state index contributed by atoms with van der Waals surface area (Å²) in [5.74, 6) is 0.618. The maximum absolute atomic E-state index is 13.4. The second-order valence-corrected chi connectivity index (χ2v) is 13.3. The molecule has 1 aliphatic rings. The van der Waals surface area contributed by atoms with Gasteiger partial charge in [-0.1, -0.05) is 78.9 Å². The highest BCUT2D eigenvalue weighted by Crippen LogP contribution is 2.29. The molecule has 0 N–H and O–H groups in total. The summed E-state index contributed by atoms with van der Waals surface area (Å²) in [4.78, 5) is 18.0. The molecule has 0 spiro atoms. The van der Waals surface area contributed by atoms with Crippen molar-refractivity contribution in [2.24, 2.45) is 0 Å². The summed E-state index contributed by atoms with van der Waals surface area (Å²) < 4.78 is 30.0. The van der Waals surface area contributed by atoms with E-state index in [2.05, 4.69) is 21.0 Å². The third-order valence-electron chi connectivity index (χ3n) is 8.66. The minimum atomic E-state index is -3.69. The topological polar surface area (TPSA) is 80.4 Å². The molecule has 0 saturated carbocycles. The van der Waals surface area contributed by atoms with Crippen molar-refractivity contribution in [1.82, 2.24) is 18.7 Å². The fourth-order valence-corrected chi connectivity index (χ4v) is 7.82. The van der Waals surface area contributed by atoms with Crippen molar-refractivity contribution >= 4 is 48.4 Å². The van der Waals surface area contributed by atoms with Gasteiger partial charge in [0.2, 0.25) is 0 Å². The predicted molar refractivity (Wildman–Crippen MR) is 178 cm³/mol. The van der Waals surface area contributed by atoms with Crippen molar-refractivity contribution in [2.75, 3.05) is 37.6 Å². The lowest BCUT2D eigenvalue weighted by atomic mass is 10.1. The molecule has 0 aliphatic carbocycles. The minimum Gasteiger partial charge on any atom is -0.352 e. The summed E-state index contributed by atoms with van der Waals surface area (Å²) in [6.07, 6.45) is 1.90. The number of benzene rings is 4. The molecule has 8 nitrogen and oxygen atoms in total. The summed E-state index contributed by atoms with van der Waals surface area (Å²) in [5, 5.41) is 8.42. The fourth-order valence-electron chi connectivity index (χ4n) is 6.42. The van der Waals surface area contributed by atoms with Gasteiger partial charge < -0.3 is 9.47 Å². The van der Waals surface area contributed by atoms with Crippen LogP contribution < -0.4 is 10.5 Å². The van der Waals surface area contributed by atoms with E-state index in [1.54, 1.807) is 0 Å². The number of aromatic nitrogens is 3. The van der Waals surface area contributed by atoms with Gasteiger partial charge in [0.05, 0.1) is 16.8 Å². The number of hydrogen-bond acceptors (Lipinski definition) is 6. The Kier molecular flexibility index (Phi) is 7.66. The number of piperazine rings is 1. The predicted octanol–water partition coefficient (Wildman–Crippen LogP) is 5.48. The third kappa shape index (κ3) is 5.37. The van der Waals surface area contributed by atoms with E-state index >= 15 is 0 Å². The first-order valence-corrected chi connectivity index (χ1v) is 16.8. The zero-order chi connectivity index (χ0) is 30.1. The average molecular weight is 606 g/mol. The first-order chi connectivity index (χ1) is 21.5. The van der Waals surface area contributed by atoms with Crippen LogP contribution in [-0.2, 0) is 22.3 Å². The smallest absolute Gasteiger partial charge is 0.258 e. The van der Waals surface area contributed by atoms with Crippen molar-refractivity contribution in [3.05, 3.63) is 119 Å². The molecule has 4 aromatic carbocycles. The van der Waals surface area contributed by atoms with Crippen LogP contribution in [0.3, 0.4) is 0 Å². The normalized spacial score (nSPS) is 14.6. The van der Waals surface area contributed by atoms with Crippen LogP contribution in [0.2, 0.25) is 0 Å². The Labute approximate surface area is 256 Å². The van der Waals surface area contributed by atoms with Crippen LogP contribution in [0.1, 0.15) is 18.4 Å². The van der Waals surface area contributed by atoms with Crippen molar-refractivity contribution in [2.45, 2.75) is 25.1 Å². The summed E-state index contributed by atoms with van der Waals surface area (Å²) in [6.45, 7) is 4.93. The van der Waals surface area contributed by atoms with Gasteiger partial charge in [-0.05, 0) is 54.6 Å². The Morgan fingerprint density at radius 3 is 1.95 bits per heavy atom. The van der Waals surface area contributed by atoms with Gasteiger partial charge in [-0.15, -0.1) is 5.10 Å². The van der Waals surface area contributed by atoms with Crippen LogP contribution >= 0.6 is 0 Å². The molecule has 1 fully saturated rings. The number of fused-ring (bicyclic) bond motifs is 4. The average Bonchev–Trinajstić information content (AvgIpc) is 3.46. The number of pyridine rings is 1. The van der Waals surface area contributed by atoms with E-state index in [0.29, 0.717) is 12.1 Å². The Balaban J connectivity index is 1.00. The van der Waals surface area contributed by atoms with E-state index in [1.807, 2.05) is 102 Å². The highest BCUT2D eigenvalue weighted by atomic mass is 32.2. The largest absolute Gasteiger partial charge is 0.352 e. The molecule has 0 amide bonds. The quantitative estimate of drug-likeness (QED) is 0.160. The molecule has 0 unspecified atom stereocenters. The summed E-state index contributed by atoms with van der Waals surface area (Å²) in [5.41, 5.74) is 2.41. The molecule has 224 valence electrons. The lowest BCUT2D eigenvalue weighted by Gasteiger charge is -2.35. The van der Waals surface area contributed by atoms with Crippen LogP contribution in [-0.4, -0.2) is 59.8 Å². The maximum atomic E-state index is 13.4. The number of anilines is 1. The van der Waals surface area contributed by atoms with E-state index in [1.165, 1.54) is 4.09 Å². The standard InChI is InChI=1S/C35H35N5O3S/c41-35-30-16-5-4-14-28(30)29-15-6-8-18-32(29)39(35)21-11-10-20-37-22-24-38(25-23-37)34-31-17-7-9-19-33(31)40(36-34)44(42,43)26-27-12-2-1-3-13-27/h1-9,12-19H,10-11,20-26H2. The SMILES string of the molecule is O=c1c2ccccc2c2ccccc2n1CCCCN1CCN(c2nn(S(=O)(=O)Cc3ccccc3)c3ccccc23)CC1. The molecule has 0 bridgehead atoms. The van der Waals surface area contributed by atoms with E-state index in [0.717, 1.165) is 84.0 Å². The van der Waals surface area contributed by atoms with Gasteiger partial charge in [-0.3, -0.25) is 9.69 Å². The second-order valence-electron chi connectivity index (χ2n) is 11.5. The Hall–Kier alpha value is -4.47. The summed E-state index contributed by atoms with van der Waals surface area (Å²) in [7, 11) is -3.69. The molecule has 2 aromatic heterocycles. The molecule has 9 heteroatoms. The highest BCUT2D eigenvalue weighted by molar-refractivity contribution is 7.89. The van der Waals surface area contributed by atoms with E-state index in [9.17, 15) is 13.2 Å². The lowest BCUT2D eigenvalue weighted by Crippen LogP contribution is -2.47. The van der Waals surface area contributed by atoms with Crippen molar-refractivity contribution in [3.8, 4) is 0 Å². The van der Waals surface area contributed by atoms with Crippen molar-refractivity contribution < 1.29 is 8.42 Å². The Morgan fingerprint density at radius 2 is 1.20 bits per heavy atom.